The Hall–Kier alpha value is -2.08. The minimum Gasteiger partial charge on any atom is -0.489 e. The van der Waals surface area contributed by atoms with Gasteiger partial charge in [-0.25, -0.2) is 8.42 Å². The zero-order valence-electron chi connectivity index (χ0n) is 16.0. The molecule has 0 bridgehead atoms. The van der Waals surface area contributed by atoms with Crippen LogP contribution < -0.4 is 10.3 Å². The zero-order chi connectivity index (χ0) is 19.3. The van der Waals surface area contributed by atoms with Gasteiger partial charge in [0.2, 0.25) is 0 Å². The smallest absolute Gasteiger partial charge is 0.253 e. The number of pyridine rings is 1. The van der Waals surface area contributed by atoms with Gasteiger partial charge in [-0.1, -0.05) is 13.0 Å². The molecule has 0 saturated heterocycles. The van der Waals surface area contributed by atoms with E-state index in [9.17, 15) is 13.2 Å². The Balaban J connectivity index is 1.84. The van der Waals surface area contributed by atoms with Gasteiger partial charge >= 0.3 is 0 Å². The van der Waals surface area contributed by atoms with E-state index in [1.165, 1.54) is 12.8 Å². The number of aromatic nitrogens is 1. The molecule has 2 heterocycles. The van der Waals surface area contributed by atoms with Crippen LogP contribution in [0, 0.1) is 12.8 Å². The first kappa shape index (κ1) is 18.3. The molecule has 4 rings (SSSR count). The fourth-order valence-electron chi connectivity index (χ4n) is 3.87. The lowest BCUT2D eigenvalue weighted by Crippen LogP contribution is -2.18. The van der Waals surface area contributed by atoms with Crippen LogP contribution in [-0.4, -0.2) is 24.8 Å². The summed E-state index contributed by atoms with van der Waals surface area (Å²) in [6.07, 6.45) is 5.22. The van der Waals surface area contributed by atoms with Gasteiger partial charge in [0.15, 0.2) is 9.84 Å². The summed E-state index contributed by atoms with van der Waals surface area (Å²) in [5.41, 5.74) is 4.27. The van der Waals surface area contributed by atoms with Gasteiger partial charge in [-0.3, -0.25) is 4.79 Å². The number of aryl methyl sites for hydroxylation is 2. The van der Waals surface area contributed by atoms with E-state index in [1.807, 2.05) is 18.2 Å². The fraction of sp³-hybridized carbons (Fsp3) is 0.476. The first-order valence-corrected chi connectivity index (χ1v) is 11.3. The molecule has 5 nitrogen and oxygen atoms in total. The molecule has 2 aromatic rings. The van der Waals surface area contributed by atoms with Gasteiger partial charge in [0.05, 0.1) is 5.75 Å². The summed E-state index contributed by atoms with van der Waals surface area (Å²) < 4.78 is 32.2. The second-order valence-electron chi connectivity index (χ2n) is 7.83. The third-order valence-corrected chi connectivity index (χ3v) is 7.22. The molecular formula is C21H25NO4S. The Labute approximate surface area is 159 Å². The van der Waals surface area contributed by atoms with Crippen molar-refractivity contribution in [2.45, 2.75) is 45.0 Å². The second-order valence-corrected chi connectivity index (χ2v) is 10.2. The first-order valence-electron chi connectivity index (χ1n) is 9.48. The Morgan fingerprint density at radius 1 is 1.22 bits per heavy atom. The van der Waals surface area contributed by atoms with Crippen molar-refractivity contribution in [3.63, 3.8) is 0 Å². The van der Waals surface area contributed by atoms with Crippen LogP contribution in [0.3, 0.4) is 0 Å². The van der Waals surface area contributed by atoms with Crippen molar-refractivity contribution in [3.05, 3.63) is 51.4 Å². The van der Waals surface area contributed by atoms with Crippen molar-refractivity contribution in [1.82, 2.24) is 4.57 Å². The van der Waals surface area contributed by atoms with E-state index >= 15 is 0 Å². The van der Waals surface area contributed by atoms with Gasteiger partial charge in [0, 0.05) is 42.1 Å². The highest BCUT2D eigenvalue weighted by Gasteiger charge is 2.38. The molecule has 6 heteroatoms. The van der Waals surface area contributed by atoms with Crippen LogP contribution in [0.4, 0.5) is 0 Å². The Morgan fingerprint density at radius 2 is 1.96 bits per heavy atom. The number of sulfone groups is 1. The molecule has 1 aliphatic carbocycles. The zero-order valence-corrected chi connectivity index (χ0v) is 16.8. The average molecular weight is 388 g/mol. The van der Waals surface area contributed by atoms with Crippen LogP contribution in [0.1, 0.15) is 36.5 Å². The van der Waals surface area contributed by atoms with Gasteiger partial charge < -0.3 is 9.30 Å². The highest BCUT2D eigenvalue weighted by atomic mass is 32.2. The molecule has 0 N–H and O–H groups in total. The summed E-state index contributed by atoms with van der Waals surface area (Å²) in [4.78, 5) is 12.1. The first-order chi connectivity index (χ1) is 12.8. The molecule has 0 spiro atoms. The molecule has 1 aromatic heterocycles. The molecule has 1 saturated carbocycles. The van der Waals surface area contributed by atoms with Crippen LogP contribution in [0.15, 0.2) is 29.2 Å². The summed E-state index contributed by atoms with van der Waals surface area (Å²) in [5.74, 6) is 1.61. The highest BCUT2D eigenvalue weighted by molar-refractivity contribution is 7.90. The number of fused-ring (bicyclic) bond motifs is 1. The van der Waals surface area contributed by atoms with E-state index in [1.54, 1.807) is 31.7 Å². The predicted octanol–water partition coefficient (Wildman–Crippen LogP) is 3.01. The van der Waals surface area contributed by atoms with Gasteiger partial charge in [0.25, 0.3) is 5.56 Å². The second kappa shape index (κ2) is 6.51. The van der Waals surface area contributed by atoms with E-state index in [4.69, 9.17) is 4.74 Å². The van der Waals surface area contributed by atoms with Gasteiger partial charge in [-0.2, -0.15) is 0 Å². The van der Waals surface area contributed by atoms with E-state index in [-0.39, 0.29) is 23.2 Å². The molecule has 1 aromatic carbocycles. The summed E-state index contributed by atoms with van der Waals surface area (Å²) in [5, 5.41) is 0. The average Bonchev–Trinajstić information content (AvgIpc) is 3.38. The monoisotopic (exact) mass is 387 g/mol. The number of hydrogen-bond donors (Lipinski definition) is 0. The van der Waals surface area contributed by atoms with Crippen molar-refractivity contribution in [2.75, 3.05) is 5.75 Å². The van der Waals surface area contributed by atoms with Crippen molar-refractivity contribution in [2.24, 2.45) is 13.0 Å². The normalized spacial score (nSPS) is 19.0. The maximum atomic E-state index is 12.2. The van der Waals surface area contributed by atoms with Crippen molar-refractivity contribution in [1.29, 1.82) is 0 Å². The highest BCUT2D eigenvalue weighted by Crippen LogP contribution is 2.46. The minimum absolute atomic E-state index is 0.0304. The number of rotatable bonds is 5. The molecule has 0 radical (unpaired) electrons. The minimum atomic E-state index is -3.13. The molecule has 27 heavy (non-hydrogen) atoms. The molecule has 1 unspecified atom stereocenters. The number of hydrogen-bond acceptors (Lipinski definition) is 4. The largest absolute Gasteiger partial charge is 0.489 e. The molecule has 1 aliphatic heterocycles. The molecule has 144 valence electrons. The summed E-state index contributed by atoms with van der Waals surface area (Å²) in [6.45, 7) is 3.47. The maximum Gasteiger partial charge on any atom is 0.253 e. The topological polar surface area (TPSA) is 65.4 Å². The summed E-state index contributed by atoms with van der Waals surface area (Å²) in [7, 11) is -1.39. The molecule has 0 amide bonds. The maximum absolute atomic E-state index is 12.2. The van der Waals surface area contributed by atoms with Crippen LogP contribution in [-0.2, 0) is 29.1 Å². The predicted molar refractivity (Wildman–Crippen MR) is 106 cm³/mol. The van der Waals surface area contributed by atoms with E-state index in [0.29, 0.717) is 11.5 Å². The Morgan fingerprint density at radius 3 is 2.59 bits per heavy atom. The van der Waals surface area contributed by atoms with Crippen LogP contribution in [0.2, 0.25) is 0 Å². The molecule has 2 aliphatic rings. The quantitative estimate of drug-likeness (QED) is 0.791. The Bertz CT molecular complexity index is 1040. The van der Waals surface area contributed by atoms with Crippen molar-refractivity contribution >= 4 is 9.84 Å². The molecular weight excluding hydrogens is 362 g/mol. The van der Waals surface area contributed by atoms with Gasteiger partial charge in [-0.15, -0.1) is 0 Å². The van der Waals surface area contributed by atoms with E-state index in [2.05, 4.69) is 0 Å². The number of ether oxygens (including phenoxy) is 1. The van der Waals surface area contributed by atoms with Gasteiger partial charge in [0.1, 0.15) is 11.9 Å². The lowest BCUT2D eigenvalue weighted by molar-refractivity contribution is 0.208. The lowest BCUT2D eigenvalue weighted by Gasteiger charge is -2.14. The number of nitrogens with zero attached hydrogens (tertiary/aromatic N) is 1. The summed E-state index contributed by atoms with van der Waals surface area (Å²) in [6, 6.07) is 5.77. The molecule has 1 fully saturated rings. The standard InChI is InChI=1S/C21H25NO4S/c1-4-27(24,25)12-14-8-16-10-19(15-5-6-15)26-20(16)18(9-14)17-7-13(2)21(23)22(3)11-17/h7-9,11,15,19H,4-6,10,12H2,1-3H3. The van der Waals surface area contributed by atoms with Gasteiger partial charge in [-0.05, 0) is 48.9 Å². The number of benzene rings is 1. The SMILES string of the molecule is CCS(=O)(=O)Cc1cc2c(c(-c3cc(C)c(=O)n(C)c3)c1)OC(C1CC1)C2. The molecule has 1 atom stereocenters. The van der Waals surface area contributed by atoms with Crippen molar-refractivity contribution in [3.8, 4) is 16.9 Å². The third-order valence-electron chi connectivity index (χ3n) is 5.56. The van der Waals surface area contributed by atoms with Crippen molar-refractivity contribution < 1.29 is 13.2 Å². The van der Waals surface area contributed by atoms with Crippen LogP contribution in [0.25, 0.3) is 11.1 Å². The van der Waals surface area contributed by atoms with E-state index in [0.717, 1.165) is 34.4 Å². The summed E-state index contributed by atoms with van der Waals surface area (Å²) >= 11 is 0. The van der Waals surface area contributed by atoms with E-state index < -0.39 is 9.84 Å². The lowest BCUT2D eigenvalue weighted by atomic mass is 9.97. The Kier molecular flexibility index (Phi) is 4.41. The van der Waals surface area contributed by atoms with Crippen LogP contribution >= 0.6 is 0 Å². The fourth-order valence-corrected chi connectivity index (χ4v) is 4.74. The van der Waals surface area contributed by atoms with Crippen LogP contribution in [0.5, 0.6) is 5.75 Å². The third kappa shape index (κ3) is 3.55.